The van der Waals surface area contributed by atoms with Crippen molar-refractivity contribution >= 4 is 17.9 Å². The minimum absolute atomic E-state index is 0.214. The summed E-state index contributed by atoms with van der Waals surface area (Å²) in [5, 5.41) is 18.8. The van der Waals surface area contributed by atoms with Gasteiger partial charge >= 0.3 is 17.9 Å². The molecule has 3 atom stereocenters. The number of methoxy groups -OCH3 is 1. The van der Waals surface area contributed by atoms with Crippen molar-refractivity contribution in [1.82, 2.24) is 0 Å². The van der Waals surface area contributed by atoms with Crippen LogP contribution < -0.4 is 0 Å². The van der Waals surface area contributed by atoms with Crippen molar-refractivity contribution in [2.75, 3.05) is 7.11 Å². The van der Waals surface area contributed by atoms with Gasteiger partial charge in [0, 0.05) is 0 Å². The van der Waals surface area contributed by atoms with Crippen molar-refractivity contribution in [2.45, 2.75) is 50.6 Å². The standard InChI is InChI=1S/C12H18O8/c1-5-10(2)19-11(3,8(14)15)12(20-10,9(16)17)6-7(13)18-4/h5-6H2,1-4H3,(H,14,15)(H,16,17)/t10?,11-,12-/m1/s1. The first-order valence-electron chi connectivity index (χ1n) is 6.01. The molecule has 2 N–H and O–H groups in total. The molecule has 1 rings (SSSR count). The van der Waals surface area contributed by atoms with E-state index < -0.39 is 41.3 Å². The van der Waals surface area contributed by atoms with E-state index in [2.05, 4.69) is 4.74 Å². The van der Waals surface area contributed by atoms with Crippen LogP contribution in [-0.4, -0.2) is 52.2 Å². The lowest BCUT2D eigenvalue weighted by Gasteiger charge is -2.32. The van der Waals surface area contributed by atoms with E-state index in [1.807, 2.05) is 0 Å². The van der Waals surface area contributed by atoms with E-state index >= 15 is 0 Å². The van der Waals surface area contributed by atoms with Crippen LogP contribution in [0, 0.1) is 0 Å². The number of hydrogen-bond donors (Lipinski definition) is 2. The highest BCUT2D eigenvalue weighted by atomic mass is 16.8. The second kappa shape index (κ2) is 5.02. The second-order valence-corrected chi connectivity index (χ2v) is 4.91. The van der Waals surface area contributed by atoms with Gasteiger partial charge in [0.1, 0.15) is 0 Å². The molecule has 0 aliphatic carbocycles. The molecule has 0 amide bonds. The highest BCUT2D eigenvalue weighted by molar-refractivity contribution is 5.94. The van der Waals surface area contributed by atoms with Gasteiger partial charge in [0.25, 0.3) is 0 Å². The van der Waals surface area contributed by atoms with E-state index in [4.69, 9.17) is 9.47 Å². The van der Waals surface area contributed by atoms with Gasteiger partial charge in [-0.2, -0.15) is 0 Å². The van der Waals surface area contributed by atoms with Gasteiger partial charge in [0.2, 0.25) is 11.2 Å². The molecular formula is C12H18O8. The summed E-state index contributed by atoms with van der Waals surface area (Å²) in [7, 11) is 1.07. The largest absolute Gasteiger partial charge is 0.479 e. The van der Waals surface area contributed by atoms with Crippen LogP contribution in [0.2, 0.25) is 0 Å². The quantitative estimate of drug-likeness (QED) is 0.698. The smallest absolute Gasteiger partial charge is 0.340 e. The molecular weight excluding hydrogens is 272 g/mol. The van der Waals surface area contributed by atoms with Crippen molar-refractivity contribution in [3.8, 4) is 0 Å². The Morgan fingerprint density at radius 3 is 2.00 bits per heavy atom. The number of rotatable bonds is 5. The van der Waals surface area contributed by atoms with Gasteiger partial charge < -0.3 is 24.4 Å². The van der Waals surface area contributed by atoms with E-state index in [9.17, 15) is 24.6 Å². The molecule has 1 fully saturated rings. The SMILES string of the molecule is CCC1(C)O[C@](C)(C(=O)O)[C@@](CC(=O)OC)(C(=O)O)O1. The van der Waals surface area contributed by atoms with Gasteiger partial charge in [-0.05, 0) is 20.3 Å². The molecule has 0 radical (unpaired) electrons. The molecule has 1 aliphatic rings. The highest BCUT2D eigenvalue weighted by Gasteiger charge is 2.71. The summed E-state index contributed by atoms with van der Waals surface area (Å²) in [6, 6.07) is 0. The Balaban J connectivity index is 3.41. The number of carbonyl (C=O) groups excluding carboxylic acids is 1. The Morgan fingerprint density at radius 2 is 1.65 bits per heavy atom. The normalized spacial score (nSPS) is 36.6. The monoisotopic (exact) mass is 290 g/mol. The van der Waals surface area contributed by atoms with E-state index in [1.165, 1.54) is 6.92 Å². The first-order chi connectivity index (χ1) is 9.07. The third kappa shape index (κ3) is 2.25. The van der Waals surface area contributed by atoms with E-state index in [1.54, 1.807) is 6.92 Å². The fraction of sp³-hybridized carbons (Fsp3) is 0.750. The number of carboxylic acids is 2. The summed E-state index contributed by atoms with van der Waals surface area (Å²) in [4.78, 5) is 34.6. The zero-order valence-corrected chi connectivity index (χ0v) is 11.8. The Kier molecular flexibility index (Phi) is 4.12. The molecule has 1 unspecified atom stereocenters. The van der Waals surface area contributed by atoms with Crippen LogP contribution in [0.3, 0.4) is 0 Å². The summed E-state index contributed by atoms with van der Waals surface area (Å²) in [5.74, 6) is -5.44. The summed E-state index contributed by atoms with van der Waals surface area (Å²) in [6.07, 6.45) is -0.552. The number of hydrogen-bond acceptors (Lipinski definition) is 6. The predicted octanol–water partition coefficient (Wildman–Crippen LogP) is 0.389. The van der Waals surface area contributed by atoms with Gasteiger partial charge in [0.15, 0.2) is 5.79 Å². The van der Waals surface area contributed by atoms with Crippen molar-refractivity contribution in [2.24, 2.45) is 0 Å². The minimum Gasteiger partial charge on any atom is -0.479 e. The average Bonchev–Trinajstić information content (AvgIpc) is 2.60. The van der Waals surface area contributed by atoms with Crippen molar-refractivity contribution in [3.63, 3.8) is 0 Å². The summed E-state index contributed by atoms with van der Waals surface area (Å²) in [6.45, 7) is 4.15. The topological polar surface area (TPSA) is 119 Å². The maximum atomic E-state index is 11.6. The Hall–Kier alpha value is -1.67. The maximum Gasteiger partial charge on any atom is 0.340 e. The number of esters is 1. The molecule has 8 heteroatoms. The third-order valence-corrected chi connectivity index (χ3v) is 3.60. The van der Waals surface area contributed by atoms with Crippen molar-refractivity contribution in [1.29, 1.82) is 0 Å². The highest BCUT2D eigenvalue weighted by Crippen LogP contribution is 2.48. The lowest BCUT2D eigenvalue weighted by Crippen LogP contribution is -2.60. The Morgan fingerprint density at radius 1 is 1.10 bits per heavy atom. The molecule has 0 aromatic rings. The summed E-state index contributed by atoms with van der Waals surface area (Å²) in [5.41, 5.74) is -4.56. The Bertz CT molecular complexity index is 447. The van der Waals surface area contributed by atoms with Crippen LogP contribution in [0.25, 0.3) is 0 Å². The van der Waals surface area contributed by atoms with E-state index in [0.717, 1.165) is 14.0 Å². The predicted molar refractivity (Wildman–Crippen MR) is 63.9 cm³/mol. The molecule has 0 bridgehead atoms. The lowest BCUT2D eigenvalue weighted by molar-refractivity contribution is -0.198. The molecule has 1 aliphatic heterocycles. The minimum atomic E-state index is -2.35. The summed E-state index contributed by atoms with van der Waals surface area (Å²) >= 11 is 0. The van der Waals surface area contributed by atoms with Gasteiger partial charge in [-0.15, -0.1) is 0 Å². The molecule has 0 spiro atoms. The molecule has 0 aromatic heterocycles. The molecule has 114 valence electrons. The van der Waals surface area contributed by atoms with Crippen LogP contribution in [-0.2, 0) is 28.6 Å². The molecule has 1 saturated heterocycles. The van der Waals surface area contributed by atoms with E-state index in [0.29, 0.717) is 0 Å². The zero-order chi connectivity index (χ0) is 15.8. The fourth-order valence-corrected chi connectivity index (χ4v) is 2.17. The molecule has 20 heavy (non-hydrogen) atoms. The average molecular weight is 290 g/mol. The van der Waals surface area contributed by atoms with Crippen molar-refractivity contribution in [3.05, 3.63) is 0 Å². The van der Waals surface area contributed by atoms with Gasteiger partial charge in [0.05, 0.1) is 13.5 Å². The summed E-state index contributed by atoms with van der Waals surface area (Å²) < 4.78 is 15.2. The van der Waals surface area contributed by atoms with Crippen LogP contribution in [0.1, 0.15) is 33.6 Å². The van der Waals surface area contributed by atoms with Gasteiger partial charge in [-0.3, -0.25) is 4.79 Å². The first kappa shape index (κ1) is 16.4. The fourth-order valence-electron chi connectivity index (χ4n) is 2.17. The second-order valence-electron chi connectivity index (χ2n) is 4.91. The zero-order valence-electron chi connectivity index (χ0n) is 11.8. The molecule has 1 heterocycles. The van der Waals surface area contributed by atoms with Gasteiger partial charge in [-0.1, -0.05) is 6.92 Å². The van der Waals surface area contributed by atoms with Crippen LogP contribution in [0.5, 0.6) is 0 Å². The number of ether oxygens (including phenoxy) is 3. The Labute approximate surface area is 115 Å². The maximum absolute atomic E-state index is 11.6. The molecule has 0 aromatic carbocycles. The number of carbonyl (C=O) groups is 3. The van der Waals surface area contributed by atoms with Crippen LogP contribution in [0.4, 0.5) is 0 Å². The van der Waals surface area contributed by atoms with Gasteiger partial charge in [-0.25, -0.2) is 9.59 Å². The molecule has 8 nitrogen and oxygen atoms in total. The van der Waals surface area contributed by atoms with E-state index in [-0.39, 0.29) is 6.42 Å². The van der Waals surface area contributed by atoms with Crippen molar-refractivity contribution < 1.29 is 38.8 Å². The molecule has 0 saturated carbocycles. The number of carboxylic acid groups (broad SMARTS) is 2. The van der Waals surface area contributed by atoms with Crippen LogP contribution in [0.15, 0.2) is 0 Å². The van der Waals surface area contributed by atoms with Crippen LogP contribution >= 0.6 is 0 Å². The number of aliphatic carboxylic acids is 2. The lowest BCUT2D eigenvalue weighted by atomic mass is 9.81. The third-order valence-electron chi connectivity index (χ3n) is 3.60. The first-order valence-corrected chi connectivity index (χ1v) is 6.01.